The van der Waals surface area contributed by atoms with Crippen molar-refractivity contribution in [2.24, 2.45) is 0 Å². The number of amides is 1. The van der Waals surface area contributed by atoms with E-state index in [-0.39, 0.29) is 17.2 Å². The van der Waals surface area contributed by atoms with Gasteiger partial charge in [-0.15, -0.1) is 0 Å². The number of hydrogen-bond donors (Lipinski definition) is 1. The fourth-order valence-electron chi connectivity index (χ4n) is 4.11. The van der Waals surface area contributed by atoms with Gasteiger partial charge < -0.3 is 14.9 Å². The minimum Gasteiger partial charge on any atom is -0.507 e. The maximum absolute atomic E-state index is 12.8. The van der Waals surface area contributed by atoms with E-state index < -0.39 is 0 Å². The van der Waals surface area contributed by atoms with Gasteiger partial charge in [-0.1, -0.05) is 12.1 Å². The Bertz CT molecular complexity index is 841. The number of rotatable bonds is 4. The van der Waals surface area contributed by atoms with Gasteiger partial charge in [0, 0.05) is 43.3 Å². The molecule has 140 valence electrons. The molecule has 5 heteroatoms. The van der Waals surface area contributed by atoms with Crippen molar-refractivity contribution in [2.75, 3.05) is 31.1 Å². The van der Waals surface area contributed by atoms with Gasteiger partial charge in [0.15, 0.2) is 6.29 Å². The highest BCUT2D eigenvalue weighted by molar-refractivity contribution is 5.96. The van der Waals surface area contributed by atoms with Crippen LogP contribution in [0.15, 0.2) is 42.5 Å². The van der Waals surface area contributed by atoms with E-state index in [9.17, 15) is 14.7 Å². The van der Waals surface area contributed by atoms with Crippen LogP contribution in [0.1, 0.15) is 51.5 Å². The second-order valence-corrected chi connectivity index (χ2v) is 7.41. The number of benzene rings is 2. The summed E-state index contributed by atoms with van der Waals surface area (Å²) in [6.45, 7) is 3.66. The molecular weight excluding hydrogens is 340 g/mol. The maximum Gasteiger partial charge on any atom is 0.253 e. The van der Waals surface area contributed by atoms with Crippen molar-refractivity contribution >= 4 is 17.9 Å². The average molecular weight is 364 g/mol. The number of hydrogen-bond acceptors (Lipinski definition) is 4. The van der Waals surface area contributed by atoms with E-state index in [2.05, 4.69) is 29.2 Å². The Morgan fingerprint density at radius 2 is 1.78 bits per heavy atom. The number of carbonyl (C=O) groups is 2. The monoisotopic (exact) mass is 364 g/mol. The van der Waals surface area contributed by atoms with Gasteiger partial charge >= 0.3 is 0 Å². The second-order valence-electron chi connectivity index (χ2n) is 7.41. The van der Waals surface area contributed by atoms with Crippen molar-refractivity contribution in [3.05, 3.63) is 59.2 Å². The maximum atomic E-state index is 12.8. The van der Waals surface area contributed by atoms with Gasteiger partial charge in [-0.25, -0.2) is 0 Å². The van der Waals surface area contributed by atoms with E-state index in [0.717, 1.165) is 19.5 Å². The molecular formula is C22H24N2O3. The van der Waals surface area contributed by atoms with Crippen LogP contribution in [0.25, 0.3) is 0 Å². The number of carbonyl (C=O) groups excluding carboxylic acids is 2. The molecule has 0 aliphatic carbocycles. The standard InChI is InChI=1S/C22H24N2O3/c25-15-19-13-17(5-8-21(19)26)22(27)24-12-9-18(14-24)16-3-6-20(7-4-16)23-10-1-2-11-23/h3-8,13,15,18,26H,1-2,9-12,14H2. The third kappa shape index (κ3) is 3.54. The van der Waals surface area contributed by atoms with Crippen molar-refractivity contribution in [1.29, 1.82) is 0 Å². The zero-order chi connectivity index (χ0) is 18.8. The van der Waals surface area contributed by atoms with E-state index >= 15 is 0 Å². The molecule has 1 N–H and O–H groups in total. The highest BCUT2D eigenvalue weighted by atomic mass is 16.3. The van der Waals surface area contributed by atoms with Crippen molar-refractivity contribution in [3.63, 3.8) is 0 Å². The van der Waals surface area contributed by atoms with Gasteiger partial charge in [0.1, 0.15) is 5.75 Å². The van der Waals surface area contributed by atoms with Gasteiger partial charge in [-0.2, -0.15) is 0 Å². The SMILES string of the molecule is O=Cc1cc(C(=O)N2CCC(c3ccc(N4CCCC4)cc3)C2)ccc1O. The highest BCUT2D eigenvalue weighted by Crippen LogP contribution is 2.30. The highest BCUT2D eigenvalue weighted by Gasteiger charge is 2.28. The summed E-state index contributed by atoms with van der Waals surface area (Å²) in [7, 11) is 0. The number of phenolic OH excluding ortho intramolecular Hbond substituents is 1. The summed E-state index contributed by atoms with van der Waals surface area (Å²) >= 11 is 0. The van der Waals surface area contributed by atoms with Crippen LogP contribution < -0.4 is 4.90 Å². The molecule has 2 aliphatic rings. The number of anilines is 1. The third-order valence-corrected chi connectivity index (χ3v) is 5.71. The first kappa shape index (κ1) is 17.6. The summed E-state index contributed by atoms with van der Waals surface area (Å²) in [5.74, 6) is 0.150. The number of likely N-dealkylation sites (tertiary alicyclic amines) is 1. The quantitative estimate of drug-likeness (QED) is 0.845. The fourth-order valence-corrected chi connectivity index (χ4v) is 4.11. The molecule has 4 rings (SSSR count). The summed E-state index contributed by atoms with van der Waals surface area (Å²) in [5, 5.41) is 9.61. The first-order valence-corrected chi connectivity index (χ1v) is 9.58. The van der Waals surface area contributed by atoms with Crippen molar-refractivity contribution in [2.45, 2.75) is 25.2 Å². The van der Waals surface area contributed by atoms with Crippen LogP contribution in [0.4, 0.5) is 5.69 Å². The summed E-state index contributed by atoms with van der Waals surface area (Å²) in [6, 6.07) is 13.2. The molecule has 0 radical (unpaired) electrons. The van der Waals surface area contributed by atoms with Crippen LogP contribution >= 0.6 is 0 Å². The van der Waals surface area contributed by atoms with Gasteiger partial charge in [-0.05, 0) is 55.2 Å². The molecule has 0 spiro atoms. The van der Waals surface area contributed by atoms with Crippen LogP contribution in [0.2, 0.25) is 0 Å². The van der Waals surface area contributed by atoms with E-state index in [0.29, 0.717) is 30.9 Å². The fraction of sp³-hybridized carbons (Fsp3) is 0.364. The van der Waals surface area contributed by atoms with Crippen LogP contribution in [-0.2, 0) is 0 Å². The molecule has 0 bridgehead atoms. The van der Waals surface area contributed by atoms with Crippen LogP contribution in [-0.4, -0.2) is 48.4 Å². The van der Waals surface area contributed by atoms with E-state index in [1.54, 1.807) is 6.07 Å². The lowest BCUT2D eigenvalue weighted by Gasteiger charge is -2.19. The molecule has 1 atom stereocenters. The zero-order valence-corrected chi connectivity index (χ0v) is 15.3. The number of nitrogens with zero attached hydrogens (tertiary/aromatic N) is 2. The van der Waals surface area contributed by atoms with Crippen LogP contribution in [0.5, 0.6) is 5.75 Å². The van der Waals surface area contributed by atoms with Crippen LogP contribution in [0.3, 0.4) is 0 Å². The van der Waals surface area contributed by atoms with Crippen LogP contribution in [0, 0.1) is 0 Å². The number of aromatic hydroxyl groups is 1. The smallest absolute Gasteiger partial charge is 0.253 e. The van der Waals surface area contributed by atoms with Crippen molar-refractivity contribution in [1.82, 2.24) is 4.90 Å². The number of aldehydes is 1. The Balaban J connectivity index is 1.43. The molecule has 1 unspecified atom stereocenters. The molecule has 2 fully saturated rings. The average Bonchev–Trinajstić information content (AvgIpc) is 3.40. The lowest BCUT2D eigenvalue weighted by atomic mass is 9.98. The predicted octanol–water partition coefficient (Wildman–Crippen LogP) is 3.43. The Labute approximate surface area is 159 Å². The molecule has 0 saturated carbocycles. The molecule has 2 aromatic carbocycles. The first-order valence-electron chi connectivity index (χ1n) is 9.58. The summed E-state index contributed by atoms with van der Waals surface area (Å²) in [6.07, 6.45) is 4.04. The van der Waals surface area contributed by atoms with E-state index in [1.807, 2.05) is 4.90 Å². The van der Waals surface area contributed by atoms with E-state index in [1.165, 1.54) is 36.2 Å². The molecule has 2 aromatic rings. The van der Waals surface area contributed by atoms with Gasteiger partial charge in [0.25, 0.3) is 5.91 Å². The Kier molecular flexibility index (Phi) is 4.84. The molecule has 1 amide bonds. The molecule has 2 aliphatic heterocycles. The minimum absolute atomic E-state index is 0.0886. The molecule has 27 heavy (non-hydrogen) atoms. The van der Waals surface area contributed by atoms with E-state index in [4.69, 9.17) is 0 Å². The normalized spacial score (nSPS) is 19.5. The minimum atomic E-state index is -0.0982. The van der Waals surface area contributed by atoms with Gasteiger partial charge in [-0.3, -0.25) is 9.59 Å². The third-order valence-electron chi connectivity index (χ3n) is 5.71. The molecule has 2 saturated heterocycles. The molecule has 2 heterocycles. The Hall–Kier alpha value is -2.82. The van der Waals surface area contributed by atoms with Crippen molar-refractivity contribution < 1.29 is 14.7 Å². The van der Waals surface area contributed by atoms with Crippen molar-refractivity contribution in [3.8, 4) is 5.75 Å². The van der Waals surface area contributed by atoms with Gasteiger partial charge in [0.2, 0.25) is 0 Å². The first-order chi connectivity index (χ1) is 13.2. The predicted molar refractivity (Wildman–Crippen MR) is 105 cm³/mol. The van der Waals surface area contributed by atoms with Gasteiger partial charge in [0.05, 0.1) is 5.56 Å². The summed E-state index contributed by atoms with van der Waals surface area (Å²) in [4.78, 5) is 28.0. The lowest BCUT2D eigenvalue weighted by Crippen LogP contribution is -2.28. The Morgan fingerprint density at radius 3 is 2.48 bits per heavy atom. The number of phenols is 1. The molecule has 5 nitrogen and oxygen atoms in total. The molecule has 0 aromatic heterocycles. The largest absolute Gasteiger partial charge is 0.507 e. The second kappa shape index (κ2) is 7.43. The summed E-state index contributed by atoms with van der Waals surface area (Å²) in [5.41, 5.74) is 3.15. The zero-order valence-electron chi connectivity index (χ0n) is 15.3. The summed E-state index contributed by atoms with van der Waals surface area (Å²) < 4.78 is 0. The lowest BCUT2D eigenvalue weighted by molar-refractivity contribution is 0.0791. The Morgan fingerprint density at radius 1 is 1.04 bits per heavy atom. The topological polar surface area (TPSA) is 60.9 Å².